The summed E-state index contributed by atoms with van der Waals surface area (Å²) in [6, 6.07) is 10.4. The van der Waals surface area contributed by atoms with Gasteiger partial charge in [-0.3, -0.25) is 4.79 Å². The average Bonchev–Trinajstić information content (AvgIpc) is 3.29. The number of nitrogens with one attached hydrogen (secondary N) is 1. The molecular weight excluding hydrogens is 777 g/mol. The SMILES string of the molecule is C/C=C(/C)C(=O)O[C@@H]1Cc2c3c(c4oc(CO)cc(=O)c4c2O)[C@@H]2c4ccnc(N)c4[C@@H](CCc4ccc(O)cc4[C@H]2CO)C[C@@H](Cc2cnc4c(c2)C=C[C@@H](C)N4)[C@]1(C)O3. The monoisotopic (exact) mass is 826 g/mol. The lowest BCUT2D eigenvalue weighted by atomic mass is 9.67. The molecule has 61 heavy (non-hydrogen) atoms. The Bertz CT molecular complexity index is 2720. The number of nitrogens with zero attached hydrogens (tertiary/aromatic N) is 2. The molecule has 0 spiro atoms. The van der Waals surface area contributed by atoms with Crippen molar-refractivity contribution in [2.24, 2.45) is 5.92 Å². The first-order valence-corrected chi connectivity index (χ1v) is 20.9. The van der Waals surface area contributed by atoms with Crippen LogP contribution in [0.2, 0.25) is 0 Å². The molecule has 3 aliphatic heterocycles. The highest BCUT2D eigenvalue weighted by atomic mass is 16.6. The van der Waals surface area contributed by atoms with Crippen molar-refractivity contribution in [3.63, 3.8) is 0 Å². The van der Waals surface area contributed by atoms with Crippen molar-refractivity contribution in [3.05, 3.63) is 127 Å². The van der Waals surface area contributed by atoms with E-state index in [4.69, 9.17) is 24.6 Å². The van der Waals surface area contributed by atoms with Crippen molar-refractivity contribution >= 4 is 34.7 Å². The molecule has 7 atom stereocenters. The number of aryl methyl sites for hydroxylation is 1. The maximum atomic E-state index is 14.1. The minimum absolute atomic E-state index is 0.0142. The third kappa shape index (κ3) is 6.70. The number of aromatic hydroxyl groups is 2. The number of aliphatic hydroxyl groups is 2. The number of esters is 1. The Morgan fingerprint density at radius 2 is 1.93 bits per heavy atom. The molecule has 0 saturated heterocycles. The van der Waals surface area contributed by atoms with Crippen molar-refractivity contribution in [2.75, 3.05) is 17.7 Å². The maximum absolute atomic E-state index is 14.1. The molecule has 5 aromatic rings. The van der Waals surface area contributed by atoms with Gasteiger partial charge < -0.3 is 45.4 Å². The number of phenols is 2. The van der Waals surface area contributed by atoms with Gasteiger partial charge in [0.2, 0.25) is 0 Å². The van der Waals surface area contributed by atoms with Gasteiger partial charge in [-0.2, -0.15) is 0 Å². The number of hydrogen-bond acceptors (Lipinski definition) is 13. The van der Waals surface area contributed by atoms with Crippen LogP contribution in [0.3, 0.4) is 0 Å². The molecule has 4 bridgehead atoms. The van der Waals surface area contributed by atoms with E-state index >= 15 is 0 Å². The van der Waals surface area contributed by atoms with Gasteiger partial charge in [0.25, 0.3) is 0 Å². The molecule has 0 radical (unpaired) electrons. The quantitative estimate of drug-likeness (QED) is 0.0782. The van der Waals surface area contributed by atoms with Crippen LogP contribution in [-0.2, 0) is 35.4 Å². The lowest BCUT2D eigenvalue weighted by molar-refractivity contribution is -0.165. The van der Waals surface area contributed by atoms with Crippen LogP contribution in [0.25, 0.3) is 17.0 Å². The predicted octanol–water partition coefficient (Wildman–Crippen LogP) is 6.67. The highest BCUT2D eigenvalue weighted by Gasteiger charge is 2.54. The number of carbonyl (C=O) groups excluding carboxylic acids is 1. The fraction of sp³-hybridized carbons (Fsp3) is 0.375. The molecule has 1 aliphatic carbocycles. The van der Waals surface area contributed by atoms with Gasteiger partial charge in [-0.25, -0.2) is 14.8 Å². The topological polar surface area (TPSA) is 210 Å². The number of phenolic OH excluding ortho intramolecular Hbond substituents is 2. The number of allylic oxidation sites excluding steroid dienone is 1. The number of benzene rings is 2. The minimum atomic E-state index is -1.30. The number of hydrogen-bond donors (Lipinski definition) is 6. The zero-order valence-electron chi connectivity index (χ0n) is 34.6. The molecule has 0 saturated carbocycles. The summed E-state index contributed by atoms with van der Waals surface area (Å²) in [6.07, 6.45) is 10.3. The van der Waals surface area contributed by atoms with Crippen LogP contribution in [0.1, 0.15) is 109 Å². The average molecular weight is 827 g/mol. The zero-order valence-corrected chi connectivity index (χ0v) is 34.6. The molecule has 2 aromatic carbocycles. The molecule has 0 unspecified atom stereocenters. The summed E-state index contributed by atoms with van der Waals surface area (Å²) >= 11 is 0. The van der Waals surface area contributed by atoms with Crippen LogP contribution >= 0.6 is 0 Å². The van der Waals surface area contributed by atoms with Crippen molar-refractivity contribution < 1.29 is 39.1 Å². The number of ether oxygens (including phenoxy) is 2. The van der Waals surface area contributed by atoms with Crippen LogP contribution < -0.4 is 21.2 Å². The van der Waals surface area contributed by atoms with E-state index in [1.54, 1.807) is 38.3 Å². The number of pyridine rings is 2. The third-order valence-electron chi connectivity index (χ3n) is 13.6. The standard InChI is InChI=1S/C48H50N4O9/c1-5-23(2)47(58)60-37-19-34-42(57)40-36(56)18-31(21-53)59-44(40)41-39-32-12-13-50-45(49)38(32)27(9-8-26-10-11-30(55)17-33(26)35(39)22-54)16-29(48(37,4)61-43(34)41)15-25-14-28-7-6-24(3)52-46(28)51-20-25/h5-7,10-14,17-18,20,24,27,29,35,37,39,53-55,57H,8-9,15-16,19,21-22H2,1-4H3,(H2,49,50)(H,51,52)/b23-5-/t24-,27+,29-,35-,37-,39-,48+/m1/s1. The maximum Gasteiger partial charge on any atom is 0.333 e. The normalized spacial score (nSPS) is 25.2. The van der Waals surface area contributed by atoms with E-state index in [2.05, 4.69) is 35.4 Å². The molecule has 0 fully saturated rings. The molecule has 3 aromatic heterocycles. The van der Waals surface area contributed by atoms with Gasteiger partial charge in [-0.05, 0) is 106 Å². The van der Waals surface area contributed by atoms with Crippen LogP contribution in [0.5, 0.6) is 17.2 Å². The molecule has 9 rings (SSSR count). The van der Waals surface area contributed by atoms with Gasteiger partial charge >= 0.3 is 5.97 Å². The first-order chi connectivity index (χ1) is 29.3. The molecule has 316 valence electrons. The molecular formula is C48H50N4O9. The van der Waals surface area contributed by atoms with E-state index in [1.165, 1.54) is 0 Å². The van der Waals surface area contributed by atoms with Crippen molar-refractivity contribution in [1.29, 1.82) is 0 Å². The zero-order chi connectivity index (χ0) is 42.9. The molecule has 13 heteroatoms. The van der Waals surface area contributed by atoms with Crippen LogP contribution in [0, 0.1) is 5.92 Å². The highest BCUT2D eigenvalue weighted by Crippen LogP contribution is 2.58. The first-order valence-electron chi connectivity index (χ1n) is 20.9. The van der Waals surface area contributed by atoms with Gasteiger partial charge in [-0.15, -0.1) is 0 Å². The minimum Gasteiger partial charge on any atom is -0.508 e. The van der Waals surface area contributed by atoms with E-state index < -0.39 is 59.8 Å². The van der Waals surface area contributed by atoms with Crippen molar-refractivity contribution in [2.45, 2.75) is 102 Å². The van der Waals surface area contributed by atoms with E-state index in [-0.39, 0.29) is 52.2 Å². The second kappa shape index (κ2) is 15.4. The van der Waals surface area contributed by atoms with Gasteiger partial charge in [0.15, 0.2) is 5.43 Å². The Morgan fingerprint density at radius 3 is 2.70 bits per heavy atom. The highest BCUT2D eigenvalue weighted by molar-refractivity contribution is 5.92. The van der Waals surface area contributed by atoms with Crippen LogP contribution in [0.4, 0.5) is 11.6 Å². The first kappa shape index (κ1) is 40.2. The summed E-state index contributed by atoms with van der Waals surface area (Å²) in [4.78, 5) is 37.4. The third-order valence-corrected chi connectivity index (χ3v) is 13.6. The van der Waals surface area contributed by atoms with Crippen molar-refractivity contribution in [1.82, 2.24) is 9.97 Å². The fourth-order valence-electron chi connectivity index (χ4n) is 10.3. The van der Waals surface area contributed by atoms with Crippen molar-refractivity contribution in [3.8, 4) is 17.2 Å². The number of nitrogen functional groups attached to an aromatic ring is 1. The number of nitrogens with two attached hydrogens (primary N) is 1. The van der Waals surface area contributed by atoms with Crippen LogP contribution in [0.15, 0.2) is 75.7 Å². The predicted molar refractivity (Wildman–Crippen MR) is 230 cm³/mol. The van der Waals surface area contributed by atoms with Gasteiger partial charge in [0, 0.05) is 76.5 Å². The summed E-state index contributed by atoms with van der Waals surface area (Å²) < 4.78 is 20.3. The molecule has 0 amide bonds. The largest absolute Gasteiger partial charge is 0.508 e. The Labute approximate surface area is 352 Å². The fourth-order valence-corrected chi connectivity index (χ4v) is 10.3. The van der Waals surface area contributed by atoms with Gasteiger partial charge in [0.1, 0.15) is 63.9 Å². The second-order valence-electron chi connectivity index (χ2n) is 17.2. The van der Waals surface area contributed by atoms with E-state index in [0.717, 1.165) is 34.1 Å². The summed E-state index contributed by atoms with van der Waals surface area (Å²) in [5.74, 6) is -2.01. The number of fused-ring (bicyclic) bond motifs is 6. The summed E-state index contributed by atoms with van der Waals surface area (Å²) in [5.41, 5.74) is 11.0. The molecule has 4 aliphatic rings. The van der Waals surface area contributed by atoms with E-state index in [0.29, 0.717) is 53.8 Å². The van der Waals surface area contributed by atoms with E-state index in [1.807, 2.05) is 25.3 Å². The summed E-state index contributed by atoms with van der Waals surface area (Å²) in [6.45, 7) is 6.40. The molecule has 7 N–H and O–H groups in total. The summed E-state index contributed by atoms with van der Waals surface area (Å²) in [7, 11) is 0. The number of aliphatic hydroxyl groups excluding tert-OH is 2. The Balaban J connectivity index is 1.40. The molecule has 13 nitrogen and oxygen atoms in total. The second-order valence-corrected chi connectivity index (χ2v) is 17.2. The number of aromatic nitrogens is 2. The Hall–Kier alpha value is -6.18. The number of carbonyl (C=O) groups is 1. The molecule has 6 heterocycles. The Morgan fingerprint density at radius 1 is 1.11 bits per heavy atom. The smallest absolute Gasteiger partial charge is 0.333 e. The number of anilines is 2. The van der Waals surface area contributed by atoms with Crippen LogP contribution in [-0.4, -0.2) is 60.7 Å². The van der Waals surface area contributed by atoms with Gasteiger partial charge in [-0.1, -0.05) is 24.3 Å². The Kier molecular flexibility index (Phi) is 10.1. The summed E-state index contributed by atoms with van der Waals surface area (Å²) in [5, 5.41) is 48.5. The lowest BCUT2D eigenvalue weighted by Gasteiger charge is -2.49. The lowest BCUT2D eigenvalue weighted by Crippen LogP contribution is -2.57. The number of rotatable bonds is 6. The van der Waals surface area contributed by atoms with Gasteiger partial charge in [0.05, 0.1) is 6.61 Å². The van der Waals surface area contributed by atoms with E-state index in [9.17, 15) is 30.0 Å².